The van der Waals surface area contributed by atoms with Gasteiger partial charge in [0.2, 0.25) is 11.8 Å². The number of anilines is 1. The van der Waals surface area contributed by atoms with Crippen LogP contribution in [-0.4, -0.2) is 22.2 Å². The maximum absolute atomic E-state index is 5.28. The minimum atomic E-state index is -0.0461. The van der Waals surface area contributed by atoms with Crippen LogP contribution in [0.15, 0.2) is 22.9 Å². The lowest BCUT2D eigenvalue weighted by atomic mass is 10.3. The van der Waals surface area contributed by atoms with Crippen LogP contribution < -0.4 is 10.1 Å². The third kappa shape index (κ3) is 2.67. The van der Waals surface area contributed by atoms with Gasteiger partial charge in [-0.1, -0.05) is 5.16 Å². The van der Waals surface area contributed by atoms with E-state index in [4.69, 9.17) is 9.26 Å². The van der Waals surface area contributed by atoms with Gasteiger partial charge in [-0.2, -0.15) is 4.98 Å². The topological polar surface area (TPSA) is 73.1 Å². The molecule has 0 bridgehead atoms. The van der Waals surface area contributed by atoms with Gasteiger partial charge < -0.3 is 14.6 Å². The molecule has 0 aromatic carbocycles. The number of hydrogen-bond acceptors (Lipinski definition) is 6. The van der Waals surface area contributed by atoms with E-state index in [2.05, 4.69) is 20.4 Å². The number of ether oxygens (including phenoxy) is 1. The molecule has 6 heteroatoms. The third-order valence-electron chi connectivity index (χ3n) is 3.10. The molecule has 2 aromatic rings. The number of nitrogens with zero attached hydrogens (tertiary/aromatic N) is 3. The van der Waals surface area contributed by atoms with Gasteiger partial charge in [-0.3, -0.25) is 0 Å². The zero-order valence-corrected chi connectivity index (χ0v) is 11.0. The number of aromatic nitrogens is 3. The molecule has 100 valence electrons. The lowest BCUT2D eigenvalue weighted by Crippen LogP contribution is -2.07. The Hall–Kier alpha value is -2.11. The highest BCUT2D eigenvalue weighted by Gasteiger charge is 2.29. The summed E-state index contributed by atoms with van der Waals surface area (Å²) >= 11 is 0. The van der Waals surface area contributed by atoms with E-state index in [-0.39, 0.29) is 6.04 Å². The minimum Gasteiger partial charge on any atom is -0.481 e. The molecule has 1 aliphatic rings. The Morgan fingerprint density at radius 3 is 2.89 bits per heavy atom. The van der Waals surface area contributed by atoms with E-state index in [0.29, 0.717) is 17.7 Å². The summed E-state index contributed by atoms with van der Waals surface area (Å²) in [5.41, 5.74) is 0.888. The normalized spacial score (nSPS) is 16.1. The predicted molar refractivity (Wildman–Crippen MR) is 69.1 cm³/mol. The van der Waals surface area contributed by atoms with Crippen LogP contribution >= 0.6 is 0 Å². The molecular weight excluding hydrogens is 244 g/mol. The molecule has 0 aliphatic heterocycles. The lowest BCUT2D eigenvalue weighted by Gasteiger charge is -2.10. The van der Waals surface area contributed by atoms with E-state index >= 15 is 0 Å². The summed E-state index contributed by atoms with van der Waals surface area (Å²) in [5.74, 6) is 2.54. The molecule has 1 atom stereocenters. The standard InChI is InChI=1S/C13H16N4O2/c1-8(13-16-12(17-19-13)9-3-4-9)15-10-5-6-11(18-2)14-7-10/h5-9,15H,3-4H2,1-2H3/t8-/m1/s1. The van der Waals surface area contributed by atoms with E-state index in [9.17, 15) is 0 Å². The van der Waals surface area contributed by atoms with E-state index in [1.807, 2.05) is 13.0 Å². The summed E-state index contributed by atoms with van der Waals surface area (Å²) in [6, 6.07) is 3.66. The first kappa shape index (κ1) is 12.0. The first-order chi connectivity index (χ1) is 9.26. The Kier molecular flexibility index (Phi) is 3.06. The van der Waals surface area contributed by atoms with Gasteiger partial charge in [0.25, 0.3) is 0 Å². The smallest absolute Gasteiger partial charge is 0.248 e. The van der Waals surface area contributed by atoms with E-state index in [1.165, 1.54) is 12.8 Å². The molecule has 0 spiro atoms. The van der Waals surface area contributed by atoms with Crippen molar-refractivity contribution < 1.29 is 9.26 Å². The van der Waals surface area contributed by atoms with Crippen LogP contribution in [0.4, 0.5) is 5.69 Å². The van der Waals surface area contributed by atoms with Crippen LogP contribution in [-0.2, 0) is 0 Å². The first-order valence-corrected chi connectivity index (χ1v) is 6.36. The maximum atomic E-state index is 5.28. The van der Waals surface area contributed by atoms with Crippen molar-refractivity contribution in [2.75, 3.05) is 12.4 Å². The number of methoxy groups -OCH3 is 1. The van der Waals surface area contributed by atoms with Crippen LogP contribution in [0, 0.1) is 0 Å². The fourth-order valence-corrected chi connectivity index (χ4v) is 1.83. The van der Waals surface area contributed by atoms with Crippen molar-refractivity contribution in [2.24, 2.45) is 0 Å². The van der Waals surface area contributed by atoms with Crippen molar-refractivity contribution in [3.63, 3.8) is 0 Å². The van der Waals surface area contributed by atoms with Crippen molar-refractivity contribution in [3.8, 4) is 5.88 Å². The fraction of sp³-hybridized carbons (Fsp3) is 0.462. The van der Waals surface area contributed by atoms with Crippen molar-refractivity contribution in [3.05, 3.63) is 30.0 Å². The molecule has 1 aliphatic carbocycles. The predicted octanol–water partition coefficient (Wildman–Crippen LogP) is 2.52. The Morgan fingerprint density at radius 1 is 1.42 bits per heavy atom. The van der Waals surface area contributed by atoms with Crippen LogP contribution in [0.5, 0.6) is 5.88 Å². The quantitative estimate of drug-likeness (QED) is 0.890. The molecule has 0 unspecified atom stereocenters. The zero-order chi connectivity index (χ0) is 13.2. The summed E-state index contributed by atoms with van der Waals surface area (Å²) in [6.45, 7) is 1.98. The highest BCUT2D eigenvalue weighted by Crippen LogP contribution is 2.38. The second-order valence-electron chi connectivity index (χ2n) is 4.72. The number of pyridine rings is 1. The monoisotopic (exact) mass is 260 g/mol. The molecular formula is C13H16N4O2. The minimum absolute atomic E-state index is 0.0461. The fourth-order valence-electron chi connectivity index (χ4n) is 1.83. The van der Waals surface area contributed by atoms with Gasteiger partial charge in [-0.05, 0) is 25.8 Å². The average Bonchev–Trinajstić information content (AvgIpc) is 3.17. The van der Waals surface area contributed by atoms with Gasteiger partial charge >= 0.3 is 0 Å². The molecule has 19 heavy (non-hydrogen) atoms. The van der Waals surface area contributed by atoms with Gasteiger partial charge in [-0.15, -0.1) is 0 Å². The molecule has 0 amide bonds. The molecule has 6 nitrogen and oxygen atoms in total. The maximum Gasteiger partial charge on any atom is 0.248 e. The van der Waals surface area contributed by atoms with Crippen LogP contribution in [0.3, 0.4) is 0 Å². The molecule has 1 N–H and O–H groups in total. The summed E-state index contributed by atoms with van der Waals surface area (Å²) < 4.78 is 10.3. The van der Waals surface area contributed by atoms with Crippen LogP contribution in [0.25, 0.3) is 0 Å². The number of nitrogens with one attached hydrogen (secondary N) is 1. The summed E-state index contributed by atoms with van der Waals surface area (Å²) in [5, 5.41) is 7.27. The second-order valence-corrected chi connectivity index (χ2v) is 4.72. The third-order valence-corrected chi connectivity index (χ3v) is 3.10. The van der Waals surface area contributed by atoms with Crippen LogP contribution in [0.1, 0.15) is 43.4 Å². The molecule has 2 aromatic heterocycles. The molecule has 2 heterocycles. The highest BCUT2D eigenvalue weighted by atomic mass is 16.5. The Labute approximate surface area is 111 Å². The van der Waals surface area contributed by atoms with Gasteiger partial charge in [-0.25, -0.2) is 4.98 Å². The molecule has 1 saturated carbocycles. The Bertz CT molecular complexity index is 548. The number of rotatable bonds is 5. The summed E-state index contributed by atoms with van der Waals surface area (Å²) in [7, 11) is 1.59. The van der Waals surface area contributed by atoms with E-state index in [0.717, 1.165) is 11.5 Å². The SMILES string of the molecule is COc1ccc(N[C@H](C)c2nc(C3CC3)no2)cn1. The van der Waals surface area contributed by atoms with E-state index < -0.39 is 0 Å². The highest BCUT2D eigenvalue weighted by molar-refractivity contribution is 5.43. The molecule has 1 fully saturated rings. The van der Waals surface area contributed by atoms with E-state index in [1.54, 1.807) is 19.4 Å². The van der Waals surface area contributed by atoms with Gasteiger partial charge in [0.15, 0.2) is 5.82 Å². The van der Waals surface area contributed by atoms with Crippen LogP contribution in [0.2, 0.25) is 0 Å². The van der Waals surface area contributed by atoms with Crippen molar-refractivity contribution in [1.29, 1.82) is 0 Å². The van der Waals surface area contributed by atoms with Gasteiger partial charge in [0.05, 0.1) is 19.0 Å². The summed E-state index contributed by atoms with van der Waals surface area (Å²) in [6.07, 6.45) is 4.06. The van der Waals surface area contributed by atoms with Crippen molar-refractivity contribution >= 4 is 5.69 Å². The first-order valence-electron chi connectivity index (χ1n) is 6.36. The second kappa shape index (κ2) is 4.87. The Morgan fingerprint density at radius 2 is 2.26 bits per heavy atom. The molecule has 3 rings (SSSR count). The average molecular weight is 260 g/mol. The zero-order valence-electron chi connectivity index (χ0n) is 11.0. The largest absolute Gasteiger partial charge is 0.481 e. The lowest BCUT2D eigenvalue weighted by molar-refractivity contribution is 0.362. The van der Waals surface area contributed by atoms with Gasteiger partial charge in [0, 0.05) is 12.0 Å². The van der Waals surface area contributed by atoms with Crippen molar-refractivity contribution in [2.45, 2.75) is 31.7 Å². The van der Waals surface area contributed by atoms with Crippen molar-refractivity contribution in [1.82, 2.24) is 15.1 Å². The molecule has 0 saturated heterocycles. The summed E-state index contributed by atoms with van der Waals surface area (Å²) in [4.78, 5) is 8.55. The Balaban J connectivity index is 1.66. The number of hydrogen-bond donors (Lipinski definition) is 1. The van der Waals surface area contributed by atoms with Gasteiger partial charge in [0.1, 0.15) is 6.04 Å². The molecule has 0 radical (unpaired) electrons.